The maximum atomic E-state index is 13.7. The number of hydrogen-bond acceptors (Lipinski definition) is 4. The molecule has 1 fully saturated rings. The Morgan fingerprint density at radius 1 is 1.19 bits per heavy atom. The average molecular weight is 387 g/mol. The van der Waals surface area contributed by atoms with Crippen LogP contribution in [0.2, 0.25) is 0 Å². The van der Waals surface area contributed by atoms with E-state index < -0.39 is 11.6 Å². The van der Waals surface area contributed by atoms with Gasteiger partial charge in [-0.05, 0) is 43.9 Å². The molecule has 0 bridgehead atoms. The maximum Gasteiger partial charge on any atom is 0.234 e. The molecular formula is C20H19F2N3OS. The van der Waals surface area contributed by atoms with E-state index in [-0.39, 0.29) is 23.0 Å². The van der Waals surface area contributed by atoms with Crippen molar-refractivity contribution in [2.24, 2.45) is 4.99 Å². The Labute approximate surface area is 160 Å². The predicted molar refractivity (Wildman–Crippen MR) is 105 cm³/mol. The number of benzene rings is 2. The van der Waals surface area contributed by atoms with Crippen molar-refractivity contribution in [1.82, 2.24) is 0 Å². The molecule has 2 aromatic rings. The van der Waals surface area contributed by atoms with Crippen molar-refractivity contribution < 1.29 is 13.6 Å². The van der Waals surface area contributed by atoms with Gasteiger partial charge < -0.3 is 10.6 Å². The van der Waals surface area contributed by atoms with Crippen LogP contribution in [0.25, 0.3) is 0 Å². The third-order valence-corrected chi connectivity index (χ3v) is 5.81. The molecule has 27 heavy (non-hydrogen) atoms. The number of nitrogens with one attached hydrogen (secondary N) is 2. The number of amides is 1. The molecule has 4 nitrogen and oxygen atoms in total. The van der Waals surface area contributed by atoms with Gasteiger partial charge in [0, 0.05) is 17.3 Å². The molecule has 1 saturated carbocycles. The highest BCUT2D eigenvalue weighted by atomic mass is 32.2. The van der Waals surface area contributed by atoms with E-state index in [0.717, 1.165) is 54.1 Å². The van der Waals surface area contributed by atoms with Gasteiger partial charge in [0.05, 0.1) is 11.4 Å². The minimum absolute atomic E-state index is 0.0260. The molecule has 4 rings (SSSR count). The molecule has 1 heterocycles. The van der Waals surface area contributed by atoms with Crippen LogP contribution < -0.4 is 10.6 Å². The Kier molecular flexibility index (Phi) is 4.86. The molecule has 1 spiro atoms. The van der Waals surface area contributed by atoms with Crippen molar-refractivity contribution in [2.45, 2.75) is 31.3 Å². The van der Waals surface area contributed by atoms with E-state index in [1.807, 2.05) is 24.3 Å². The summed E-state index contributed by atoms with van der Waals surface area (Å²) < 4.78 is 26.7. The maximum absolute atomic E-state index is 13.7. The van der Waals surface area contributed by atoms with Gasteiger partial charge in [-0.25, -0.2) is 13.8 Å². The topological polar surface area (TPSA) is 53.5 Å². The summed E-state index contributed by atoms with van der Waals surface area (Å²) in [7, 11) is 0. The first-order valence-corrected chi connectivity index (χ1v) is 9.88. The Morgan fingerprint density at radius 3 is 2.74 bits per heavy atom. The summed E-state index contributed by atoms with van der Waals surface area (Å²) in [5.74, 6) is -1.73. The van der Waals surface area contributed by atoms with Crippen LogP contribution in [0.15, 0.2) is 47.5 Å². The van der Waals surface area contributed by atoms with Crippen molar-refractivity contribution in [2.75, 3.05) is 16.4 Å². The molecule has 7 heteroatoms. The van der Waals surface area contributed by atoms with Gasteiger partial charge in [-0.1, -0.05) is 30.0 Å². The van der Waals surface area contributed by atoms with Crippen LogP contribution in [-0.4, -0.2) is 22.4 Å². The molecule has 0 atom stereocenters. The van der Waals surface area contributed by atoms with Crippen LogP contribution in [0.5, 0.6) is 0 Å². The van der Waals surface area contributed by atoms with Gasteiger partial charge in [-0.3, -0.25) is 4.79 Å². The summed E-state index contributed by atoms with van der Waals surface area (Å²) >= 11 is 1.34. The molecule has 2 aromatic carbocycles. The zero-order valence-electron chi connectivity index (χ0n) is 14.6. The minimum Gasteiger partial charge on any atom is -0.361 e. The third-order valence-electron chi connectivity index (χ3n) is 4.82. The van der Waals surface area contributed by atoms with Crippen molar-refractivity contribution in [3.8, 4) is 0 Å². The van der Waals surface area contributed by atoms with Crippen LogP contribution >= 0.6 is 11.8 Å². The number of hydrogen-bond donors (Lipinski definition) is 2. The second-order valence-electron chi connectivity index (χ2n) is 6.79. The molecule has 2 N–H and O–H groups in total. The first-order chi connectivity index (χ1) is 13.0. The van der Waals surface area contributed by atoms with E-state index in [2.05, 4.69) is 10.6 Å². The molecular weight excluding hydrogens is 368 g/mol. The fraction of sp³-hybridized carbons (Fsp3) is 0.300. The van der Waals surface area contributed by atoms with Gasteiger partial charge in [0.25, 0.3) is 0 Å². The van der Waals surface area contributed by atoms with E-state index in [1.54, 1.807) is 0 Å². The zero-order chi connectivity index (χ0) is 18.9. The molecule has 1 aliphatic heterocycles. The lowest BCUT2D eigenvalue weighted by Gasteiger charge is -2.33. The smallest absolute Gasteiger partial charge is 0.234 e. The highest BCUT2D eigenvalue weighted by molar-refractivity contribution is 8.15. The second kappa shape index (κ2) is 7.31. The summed E-state index contributed by atoms with van der Waals surface area (Å²) in [6.45, 7) is 0. The fourth-order valence-corrected chi connectivity index (χ4v) is 4.44. The average Bonchev–Trinajstić information content (AvgIpc) is 3.09. The number of aliphatic imine (C=N–C) groups is 1. The lowest BCUT2D eigenvalue weighted by Crippen LogP contribution is -2.37. The molecule has 0 aromatic heterocycles. The molecule has 0 saturated heterocycles. The van der Waals surface area contributed by atoms with Gasteiger partial charge in [-0.15, -0.1) is 0 Å². The van der Waals surface area contributed by atoms with E-state index in [0.29, 0.717) is 0 Å². The first-order valence-electron chi connectivity index (χ1n) is 8.90. The molecule has 0 radical (unpaired) electrons. The number of fused-ring (bicyclic) bond motifs is 1. The summed E-state index contributed by atoms with van der Waals surface area (Å²) in [5.41, 5.74) is 1.69. The Hall–Kier alpha value is -2.41. The van der Waals surface area contributed by atoms with Gasteiger partial charge in [0.15, 0.2) is 0 Å². The number of anilines is 2. The Morgan fingerprint density at radius 2 is 1.96 bits per heavy atom. The van der Waals surface area contributed by atoms with Gasteiger partial charge in [0.1, 0.15) is 22.3 Å². The minimum atomic E-state index is -0.789. The molecule has 2 aliphatic rings. The monoisotopic (exact) mass is 387 g/mol. The van der Waals surface area contributed by atoms with Crippen molar-refractivity contribution in [3.63, 3.8) is 0 Å². The van der Waals surface area contributed by atoms with Gasteiger partial charge >= 0.3 is 0 Å². The van der Waals surface area contributed by atoms with Crippen LogP contribution in [0.1, 0.15) is 31.2 Å². The third kappa shape index (κ3) is 3.83. The summed E-state index contributed by atoms with van der Waals surface area (Å²) in [6.07, 6.45) is 4.19. The standard InChI is InChI=1S/C20H19F2N3OS/c21-13-7-8-17(15(22)11-13)23-18(26)12-27-19-14-5-1-2-6-16(14)24-20(25-19)9-3-4-10-20/h1-2,5-8,11,24H,3-4,9-10,12H2,(H,23,26). The molecule has 1 aliphatic carbocycles. The SMILES string of the molecule is O=C(CSC1=NC2(CCCC2)Nc2ccccc21)Nc1ccc(F)cc1F. The number of carbonyl (C=O) groups is 1. The van der Waals surface area contributed by atoms with Crippen LogP contribution in [0.3, 0.4) is 0 Å². The van der Waals surface area contributed by atoms with Crippen molar-refractivity contribution in [1.29, 1.82) is 0 Å². The number of carbonyl (C=O) groups excluding carboxylic acids is 1. The van der Waals surface area contributed by atoms with Crippen LogP contribution in [-0.2, 0) is 4.79 Å². The highest BCUT2D eigenvalue weighted by Crippen LogP contribution is 2.40. The first kappa shape index (κ1) is 18.0. The Balaban J connectivity index is 1.49. The Bertz CT molecular complexity index is 910. The largest absolute Gasteiger partial charge is 0.361 e. The molecule has 0 unspecified atom stereocenters. The summed E-state index contributed by atoms with van der Waals surface area (Å²) in [6, 6.07) is 11.0. The number of para-hydroxylation sites is 1. The summed E-state index contributed by atoms with van der Waals surface area (Å²) in [4.78, 5) is 17.2. The van der Waals surface area contributed by atoms with E-state index in [4.69, 9.17) is 4.99 Å². The van der Waals surface area contributed by atoms with Gasteiger partial charge in [-0.2, -0.15) is 0 Å². The highest BCUT2D eigenvalue weighted by Gasteiger charge is 2.37. The number of thioether (sulfide) groups is 1. The predicted octanol–water partition coefficient (Wildman–Crippen LogP) is 4.78. The number of nitrogens with zero attached hydrogens (tertiary/aromatic N) is 1. The quantitative estimate of drug-likeness (QED) is 0.797. The van der Waals surface area contributed by atoms with E-state index in [9.17, 15) is 13.6 Å². The lowest BCUT2D eigenvalue weighted by molar-refractivity contribution is -0.113. The number of rotatable bonds is 3. The van der Waals surface area contributed by atoms with E-state index >= 15 is 0 Å². The number of halogens is 2. The molecule has 140 valence electrons. The second-order valence-corrected chi connectivity index (χ2v) is 7.75. The molecule has 1 amide bonds. The van der Waals surface area contributed by atoms with Crippen LogP contribution in [0, 0.1) is 11.6 Å². The lowest BCUT2D eigenvalue weighted by atomic mass is 10.0. The van der Waals surface area contributed by atoms with Crippen molar-refractivity contribution >= 4 is 34.1 Å². The summed E-state index contributed by atoms with van der Waals surface area (Å²) in [5, 5.41) is 6.87. The zero-order valence-corrected chi connectivity index (χ0v) is 15.4. The fourth-order valence-electron chi connectivity index (χ4n) is 3.53. The van der Waals surface area contributed by atoms with E-state index in [1.165, 1.54) is 17.8 Å². The van der Waals surface area contributed by atoms with Crippen molar-refractivity contribution in [3.05, 3.63) is 59.7 Å². The van der Waals surface area contributed by atoms with Gasteiger partial charge in [0.2, 0.25) is 5.91 Å². The normalized spacial score (nSPS) is 17.2. The van der Waals surface area contributed by atoms with Crippen LogP contribution in [0.4, 0.5) is 20.2 Å².